The number of aryl methyl sites for hydroxylation is 1. The molecule has 0 aliphatic carbocycles. The number of halogens is 4. The van der Waals surface area contributed by atoms with Crippen molar-refractivity contribution < 1.29 is 17.9 Å². The first-order valence-electron chi connectivity index (χ1n) is 8.40. The number of nitrogens with zero attached hydrogens (tertiary/aromatic N) is 1. The van der Waals surface area contributed by atoms with E-state index >= 15 is 0 Å². The van der Waals surface area contributed by atoms with E-state index in [1.54, 1.807) is 12.1 Å². The maximum absolute atomic E-state index is 12.4. The van der Waals surface area contributed by atoms with Gasteiger partial charge in [-0.3, -0.25) is 4.90 Å². The lowest BCUT2D eigenvalue weighted by Gasteiger charge is -2.35. The van der Waals surface area contributed by atoms with E-state index in [4.69, 9.17) is 11.6 Å². The first kappa shape index (κ1) is 19.0. The average Bonchev–Trinajstić information content (AvgIpc) is 2.59. The molecule has 2 aromatic carbocycles. The second kappa shape index (κ2) is 7.86. The fraction of sp³-hybridized carbons (Fsp3) is 0.368. The molecule has 1 saturated heterocycles. The molecule has 3 rings (SSSR count). The monoisotopic (exact) mass is 384 g/mol. The van der Waals surface area contributed by atoms with Crippen molar-refractivity contribution in [1.29, 1.82) is 0 Å². The lowest BCUT2D eigenvalue weighted by Crippen LogP contribution is -2.45. The number of benzene rings is 2. The molecule has 0 aromatic heterocycles. The molecule has 1 N–H and O–H groups in total. The van der Waals surface area contributed by atoms with Crippen molar-refractivity contribution in [3.8, 4) is 5.75 Å². The van der Waals surface area contributed by atoms with Crippen LogP contribution in [0.1, 0.15) is 22.7 Å². The topological polar surface area (TPSA) is 24.5 Å². The summed E-state index contributed by atoms with van der Waals surface area (Å²) in [4.78, 5) is 2.30. The standard InChI is InChI=1S/C19H20ClF3N2O/c1-13-2-3-15(12-17(13)20)18(25-10-8-24-9-11-25)14-4-6-16(7-5-14)26-19(21,22)23/h2-7,12,18,24H,8-11H2,1H3/t18-/m0/s1. The van der Waals surface area contributed by atoms with E-state index in [-0.39, 0.29) is 11.8 Å². The number of nitrogens with one attached hydrogen (secondary N) is 1. The molecule has 1 heterocycles. The first-order valence-corrected chi connectivity index (χ1v) is 8.78. The van der Waals surface area contributed by atoms with Crippen LogP contribution >= 0.6 is 11.6 Å². The molecule has 2 aromatic rings. The van der Waals surface area contributed by atoms with Gasteiger partial charge in [-0.15, -0.1) is 13.2 Å². The van der Waals surface area contributed by atoms with Gasteiger partial charge in [0.25, 0.3) is 0 Å². The molecule has 0 amide bonds. The summed E-state index contributed by atoms with van der Waals surface area (Å²) >= 11 is 6.31. The number of piperazine rings is 1. The van der Waals surface area contributed by atoms with Crippen molar-refractivity contribution in [2.75, 3.05) is 26.2 Å². The minimum Gasteiger partial charge on any atom is -0.406 e. The second-order valence-electron chi connectivity index (χ2n) is 6.31. The molecular formula is C19H20ClF3N2O. The highest BCUT2D eigenvalue weighted by Gasteiger charge is 2.31. The molecule has 26 heavy (non-hydrogen) atoms. The van der Waals surface area contributed by atoms with Gasteiger partial charge in [0.05, 0.1) is 6.04 Å². The van der Waals surface area contributed by atoms with Crippen molar-refractivity contribution in [3.63, 3.8) is 0 Å². The van der Waals surface area contributed by atoms with Gasteiger partial charge in [-0.05, 0) is 41.8 Å². The molecule has 0 spiro atoms. The van der Waals surface area contributed by atoms with Crippen LogP contribution in [0.25, 0.3) is 0 Å². The third-order valence-corrected chi connectivity index (χ3v) is 4.86. The lowest BCUT2D eigenvalue weighted by molar-refractivity contribution is -0.274. The number of hydrogen-bond donors (Lipinski definition) is 1. The molecule has 1 aliphatic heterocycles. The van der Waals surface area contributed by atoms with Gasteiger partial charge in [0.1, 0.15) is 5.75 Å². The molecule has 0 saturated carbocycles. The quantitative estimate of drug-likeness (QED) is 0.837. The molecule has 1 atom stereocenters. The summed E-state index contributed by atoms with van der Waals surface area (Å²) in [5, 5.41) is 4.00. The maximum atomic E-state index is 12.4. The van der Waals surface area contributed by atoms with E-state index in [2.05, 4.69) is 15.0 Å². The van der Waals surface area contributed by atoms with Gasteiger partial charge in [0.2, 0.25) is 0 Å². The Morgan fingerprint density at radius 3 is 2.23 bits per heavy atom. The maximum Gasteiger partial charge on any atom is 0.573 e. The van der Waals surface area contributed by atoms with E-state index < -0.39 is 6.36 Å². The highest BCUT2D eigenvalue weighted by Crippen LogP contribution is 2.33. The highest BCUT2D eigenvalue weighted by atomic mass is 35.5. The van der Waals surface area contributed by atoms with Crippen LogP contribution in [-0.2, 0) is 0 Å². The average molecular weight is 385 g/mol. The van der Waals surface area contributed by atoms with Crippen molar-refractivity contribution in [2.45, 2.75) is 19.3 Å². The fourth-order valence-corrected chi connectivity index (χ4v) is 3.37. The van der Waals surface area contributed by atoms with Gasteiger partial charge in [-0.25, -0.2) is 0 Å². The van der Waals surface area contributed by atoms with Crippen molar-refractivity contribution in [2.24, 2.45) is 0 Å². The Kier molecular flexibility index (Phi) is 5.75. The third kappa shape index (κ3) is 4.69. The van der Waals surface area contributed by atoms with Gasteiger partial charge in [0.15, 0.2) is 0 Å². The summed E-state index contributed by atoms with van der Waals surface area (Å²) < 4.78 is 41.1. The van der Waals surface area contributed by atoms with Crippen LogP contribution < -0.4 is 10.1 Å². The molecule has 0 radical (unpaired) electrons. The number of rotatable bonds is 4. The largest absolute Gasteiger partial charge is 0.573 e. The predicted octanol–water partition coefficient (Wildman–Crippen LogP) is 4.54. The number of hydrogen-bond acceptors (Lipinski definition) is 3. The Labute approximate surface area is 155 Å². The van der Waals surface area contributed by atoms with Gasteiger partial charge < -0.3 is 10.1 Å². The summed E-state index contributed by atoms with van der Waals surface area (Å²) in [5.74, 6) is -0.220. The van der Waals surface area contributed by atoms with Crippen LogP contribution in [0.3, 0.4) is 0 Å². The SMILES string of the molecule is Cc1ccc([C@H](c2ccc(OC(F)(F)F)cc2)N2CCNCC2)cc1Cl. The van der Waals surface area contributed by atoms with Crippen LogP contribution in [-0.4, -0.2) is 37.4 Å². The Bertz CT molecular complexity index is 743. The predicted molar refractivity (Wildman–Crippen MR) is 95.6 cm³/mol. The second-order valence-corrected chi connectivity index (χ2v) is 6.72. The van der Waals surface area contributed by atoms with Crippen LogP contribution in [0, 0.1) is 6.92 Å². The first-order chi connectivity index (χ1) is 12.3. The van der Waals surface area contributed by atoms with E-state index in [0.29, 0.717) is 5.02 Å². The van der Waals surface area contributed by atoms with Crippen molar-refractivity contribution >= 4 is 11.6 Å². The number of alkyl halides is 3. The molecular weight excluding hydrogens is 365 g/mol. The van der Waals surface area contributed by atoms with E-state index in [1.165, 1.54) is 12.1 Å². The van der Waals surface area contributed by atoms with Crippen molar-refractivity contribution in [3.05, 3.63) is 64.2 Å². The van der Waals surface area contributed by atoms with Crippen LogP contribution in [0.2, 0.25) is 5.02 Å². The third-order valence-electron chi connectivity index (χ3n) is 4.46. The zero-order chi connectivity index (χ0) is 18.7. The Hall–Kier alpha value is -1.76. The smallest absolute Gasteiger partial charge is 0.406 e. The molecule has 0 unspecified atom stereocenters. The molecule has 0 bridgehead atoms. The van der Waals surface area contributed by atoms with Gasteiger partial charge in [-0.1, -0.05) is 35.9 Å². The van der Waals surface area contributed by atoms with Crippen LogP contribution in [0.5, 0.6) is 5.75 Å². The molecule has 140 valence electrons. The minimum absolute atomic E-state index is 0.0739. The van der Waals surface area contributed by atoms with Crippen LogP contribution in [0.4, 0.5) is 13.2 Å². The normalized spacial score (nSPS) is 17.1. The zero-order valence-electron chi connectivity index (χ0n) is 14.3. The summed E-state index contributed by atoms with van der Waals surface area (Å²) in [6, 6.07) is 11.9. The van der Waals surface area contributed by atoms with E-state index in [0.717, 1.165) is 42.9 Å². The van der Waals surface area contributed by atoms with Crippen LogP contribution in [0.15, 0.2) is 42.5 Å². The van der Waals surface area contributed by atoms with E-state index in [9.17, 15) is 13.2 Å². The van der Waals surface area contributed by atoms with E-state index in [1.807, 2.05) is 25.1 Å². The Morgan fingerprint density at radius 2 is 1.65 bits per heavy atom. The Morgan fingerprint density at radius 1 is 1.04 bits per heavy atom. The molecule has 1 aliphatic rings. The summed E-state index contributed by atoms with van der Waals surface area (Å²) in [6.45, 7) is 5.36. The molecule has 7 heteroatoms. The fourth-order valence-electron chi connectivity index (χ4n) is 3.19. The van der Waals surface area contributed by atoms with Gasteiger partial charge >= 0.3 is 6.36 Å². The number of ether oxygens (including phenoxy) is 1. The minimum atomic E-state index is -4.69. The summed E-state index contributed by atoms with van der Waals surface area (Å²) in [7, 11) is 0. The van der Waals surface area contributed by atoms with Gasteiger partial charge in [0, 0.05) is 31.2 Å². The highest BCUT2D eigenvalue weighted by molar-refractivity contribution is 6.31. The molecule has 1 fully saturated rings. The van der Waals surface area contributed by atoms with Crippen molar-refractivity contribution in [1.82, 2.24) is 10.2 Å². The zero-order valence-corrected chi connectivity index (χ0v) is 15.1. The lowest BCUT2D eigenvalue weighted by atomic mass is 9.95. The van der Waals surface area contributed by atoms with Gasteiger partial charge in [-0.2, -0.15) is 0 Å². The Balaban J connectivity index is 1.93. The molecule has 3 nitrogen and oxygen atoms in total. The summed E-state index contributed by atoms with van der Waals surface area (Å²) in [6.07, 6.45) is -4.69. The summed E-state index contributed by atoms with van der Waals surface area (Å²) in [5.41, 5.74) is 2.91.